The van der Waals surface area contributed by atoms with Gasteiger partial charge in [0.25, 0.3) is 0 Å². The quantitative estimate of drug-likeness (QED) is 0.350. The fourth-order valence-corrected chi connectivity index (χ4v) is 1.99. The zero-order chi connectivity index (χ0) is 22.2. The summed E-state index contributed by atoms with van der Waals surface area (Å²) in [5, 5.41) is 2.61. The molecule has 0 aliphatic rings. The molecular formula is C20H32N2O8. The molecule has 0 atom stereocenters. The third-order valence-corrected chi connectivity index (χ3v) is 3.29. The number of ether oxygens (including phenoxy) is 6. The largest absolute Gasteiger partial charge is 0.490 e. The first-order chi connectivity index (χ1) is 14.3. The second-order valence-corrected chi connectivity index (χ2v) is 6.98. The molecule has 0 aliphatic carbocycles. The monoisotopic (exact) mass is 428 g/mol. The zero-order valence-electron chi connectivity index (χ0n) is 18.1. The van der Waals surface area contributed by atoms with Crippen LogP contribution >= 0.6 is 0 Å². The molecule has 0 spiro atoms. The van der Waals surface area contributed by atoms with Crippen LogP contribution in [-0.2, 0) is 23.7 Å². The van der Waals surface area contributed by atoms with Crippen molar-refractivity contribution < 1.29 is 38.0 Å². The van der Waals surface area contributed by atoms with Gasteiger partial charge in [0, 0.05) is 6.54 Å². The molecule has 0 saturated heterocycles. The number of methoxy groups -OCH3 is 1. The minimum Gasteiger partial charge on any atom is -0.490 e. The van der Waals surface area contributed by atoms with Crippen molar-refractivity contribution in [2.24, 2.45) is 0 Å². The summed E-state index contributed by atoms with van der Waals surface area (Å²) in [5.74, 6) is 0.0496. The summed E-state index contributed by atoms with van der Waals surface area (Å²) in [6.45, 7) is 8.66. The lowest BCUT2D eigenvalue weighted by Gasteiger charge is -2.19. The Balaban J connectivity index is 1.89. The van der Waals surface area contributed by atoms with Crippen LogP contribution in [0.25, 0.3) is 0 Å². The van der Waals surface area contributed by atoms with Gasteiger partial charge in [-0.05, 0) is 32.9 Å². The highest BCUT2D eigenvalue weighted by atomic mass is 16.6. The van der Waals surface area contributed by atoms with Crippen LogP contribution in [0, 0.1) is 0 Å². The molecular weight excluding hydrogens is 396 g/mol. The number of hydrogen-bond acceptors (Lipinski definition) is 9. The number of nitrogens with one attached hydrogen (secondary N) is 1. The molecule has 1 rings (SSSR count). The fourth-order valence-electron chi connectivity index (χ4n) is 1.99. The predicted molar refractivity (Wildman–Crippen MR) is 108 cm³/mol. The van der Waals surface area contributed by atoms with Gasteiger partial charge < -0.3 is 33.7 Å². The average Bonchev–Trinajstić information content (AvgIpc) is 2.70. The molecule has 1 heterocycles. The Hall–Kier alpha value is -2.43. The van der Waals surface area contributed by atoms with Gasteiger partial charge in [0.2, 0.25) is 0 Å². The molecule has 30 heavy (non-hydrogen) atoms. The van der Waals surface area contributed by atoms with Crippen molar-refractivity contribution >= 4 is 12.1 Å². The fraction of sp³-hybridized carbons (Fsp3) is 0.650. The Morgan fingerprint density at radius 1 is 0.933 bits per heavy atom. The minimum absolute atomic E-state index is 0.224. The van der Waals surface area contributed by atoms with Crippen molar-refractivity contribution in [2.75, 3.05) is 59.9 Å². The number of nitrogens with zero attached hydrogens (tertiary/aromatic N) is 1. The van der Waals surface area contributed by atoms with Crippen LogP contribution < -0.4 is 10.1 Å². The third kappa shape index (κ3) is 12.9. The lowest BCUT2D eigenvalue weighted by atomic mass is 10.2. The van der Waals surface area contributed by atoms with Crippen molar-refractivity contribution in [3.05, 3.63) is 24.0 Å². The lowest BCUT2D eigenvalue weighted by Crippen LogP contribution is -2.34. The number of esters is 1. The van der Waals surface area contributed by atoms with E-state index in [2.05, 4.69) is 15.0 Å². The van der Waals surface area contributed by atoms with Crippen LogP contribution in [0.1, 0.15) is 31.3 Å². The lowest BCUT2D eigenvalue weighted by molar-refractivity contribution is 0.00902. The van der Waals surface area contributed by atoms with Crippen molar-refractivity contribution in [1.29, 1.82) is 0 Å². The number of pyridine rings is 1. The SMILES string of the molecule is COC(=O)c1ccc(OCCOCCOCCOCCNC(=O)OC(C)(C)C)cn1. The number of aromatic nitrogens is 1. The first-order valence-corrected chi connectivity index (χ1v) is 9.69. The first-order valence-electron chi connectivity index (χ1n) is 9.69. The van der Waals surface area contributed by atoms with E-state index in [1.54, 1.807) is 26.8 Å². The molecule has 0 radical (unpaired) electrons. The molecule has 0 aromatic carbocycles. The molecule has 10 heteroatoms. The molecule has 0 saturated carbocycles. The first kappa shape index (κ1) is 25.6. The van der Waals surface area contributed by atoms with E-state index in [1.165, 1.54) is 19.4 Å². The van der Waals surface area contributed by atoms with Gasteiger partial charge in [0.05, 0.1) is 52.9 Å². The number of amides is 1. The van der Waals surface area contributed by atoms with E-state index in [0.29, 0.717) is 58.5 Å². The number of carbonyl (C=O) groups is 2. The van der Waals surface area contributed by atoms with Gasteiger partial charge in [-0.25, -0.2) is 14.6 Å². The molecule has 0 bridgehead atoms. The van der Waals surface area contributed by atoms with Crippen LogP contribution in [-0.4, -0.2) is 82.6 Å². The van der Waals surface area contributed by atoms with Gasteiger partial charge in [-0.1, -0.05) is 0 Å². The molecule has 0 aliphatic heterocycles. The average molecular weight is 428 g/mol. The Labute approximate surface area is 177 Å². The summed E-state index contributed by atoms with van der Waals surface area (Å²) >= 11 is 0. The van der Waals surface area contributed by atoms with Crippen molar-refractivity contribution in [2.45, 2.75) is 26.4 Å². The van der Waals surface area contributed by atoms with Crippen LogP contribution in [0.15, 0.2) is 18.3 Å². The van der Waals surface area contributed by atoms with Crippen molar-refractivity contribution in [3.63, 3.8) is 0 Å². The molecule has 1 aromatic rings. The molecule has 1 amide bonds. The highest BCUT2D eigenvalue weighted by Crippen LogP contribution is 2.09. The van der Waals surface area contributed by atoms with Gasteiger partial charge in [-0.2, -0.15) is 0 Å². The Kier molecular flexibility index (Phi) is 12.4. The molecule has 10 nitrogen and oxygen atoms in total. The van der Waals surface area contributed by atoms with Crippen LogP contribution in [0.5, 0.6) is 5.75 Å². The second kappa shape index (κ2) is 14.5. The summed E-state index contributed by atoms with van der Waals surface area (Å²) < 4.78 is 31.3. The summed E-state index contributed by atoms with van der Waals surface area (Å²) in [7, 11) is 1.30. The van der Waals surface area contributed by atoms with Gasteiger partial charge in [0.15, 0.2) is 0 Å². The van der Waals surface area contributed by atoms with Crippen LogP contribution in [0.3, 0.4) is 0 Å². The number of alkyl carbamates (subject to hydrolysis) is 1. The summed E-state index contributed by atoms with van der Waals surface area (Å²) in [5.41, 5.74) is -0.289. The van der Waals surface area contributed by atoms with E-state index in [4.69, 9.17) is 23.7 Å². The Morgan fingerprint density at radius 3 is 2.07 bits per heavy atom. The number of carbonyl (C=O) groups excluding carboxylic acids is 2. The predicted octanol–water partition coefficient (Wildman–Crippen LogP) is 1.82. The van der Waals surface area contributed by atoms with Gasteiger partial charge in [-0.3, -0.25) is 0 Å². The second-order valence-electron chi connectivity index (χ2n) is 6.98. The number of rotatable bonds is 14. The van der Waals surface area contributed by atoms with Gasteiger partial charge >= 0.3 is 12.1 Å². The van der Waals surface area contributed by atoms with Crippen molar-refractivity contribution in [1.82, 2.24) is 10.3 Å². The molecule has 170 valence electrons. The maximum Gasteiger partial charge on any atom is 0.407 e. The summed E-state index contributed by atoms with van der Waals surface area (Å²) in [6, 6.07) is 3.18. The number of hydrogen-bond donors (Lipinski definition) is 1. The summed E-state index contributed by atoms with van der Waals surface area (Å²) in [6.07, 6.45) is 0.997. The van der Waals surface area contributed by atoms with Crippen LogP contribution in [0.2, 0.25) is 0 Å². The van der Waals surface area contributed by atoms with Crippen LogP contribution in [0.4, 0.5) is 4.79 Å². The maximum atomic E-state index is 11.4. The smallest absolute Gasteiger partial charge is 0.407 e. The molecule has 1 N–H and O–H groups in total. The van der Waals surface area contributed by atoms with Gasteiger partial charge in [-0.15, -0.1) is 0 Å². The molecule has 0 unspecified atom stereocenters. The van der Waals surface area contributed by atoms with E-state index in [0.717, 1.165) is 0 Å². The van der Waals surface area contributed by atoms with E-state index < -0.39 is 17.7 Å². The zero-order valence-corrected chi connectivity index (χ0v) is 18.1. The molecule has 1 aromatic heterocycles. The highest BCUT2D eigenvalue weighted by molar-refractivity contribution is 5.87. The minimum atomic E-state index is -0.512. The van der Waals surface area contributed by atoms with E-state index in [-0.39, 0.29) is 5.69 Å². The summed E-state index contributed by atoms with van der Waals surface area (Å²) in [4.78, 5) is 26.6. The highest BCUT2D eigenvalue weighted by Gasteiger charge is 2.15. The Bertz CT molecular complexity index is 616. The van der Waals surface area contributed by atoms with E-state index >= 15 is 0 Å². The normalized spacial score (nSPS) is 11.1. The maximum absolute atomic E-state index is 11.4. The Morgan fingerprint density at radius 2 is 1.53 bits per heavy atom. The topological polar surface area (TPSA) is 114 Å². The van der Waals surface area contributed by atoms with Gasteiger partial charge in [0.1, 0.15) is 23.7 Å². The van der Waals surface area contributed by atoms with E-state index in [9.17, 15) is 9.59 Å². The van der Waals surface area contributed by atoms with Crippen molar-refractivity contribution in [3.8, 4) is 5.75 Å². The molecule has 0 fully saturated rings. The van der Waals surface area contributed by atoms with E-state index in [1.807, 2.05) is 0 Å². The standard InChI is InChI=1S/C20H32N2O8/c1-20(2,3)30-19(24)21-7-8-26-9-10-27-11-12-28-13-14-29-16-5-6-17(22-15-16)18(23)25-4/h5-6,15H,7-14H2,1-4H3,(H,21,24). The third-order valence-electron chi connectivity index (χ3n) is 3.29.